The Kier molecular flexibility index (Phi) is 4.74. The highest BCUT2D eigenvalue weighted by Crippen LogP contribution is 2.61. The fourth-order valence-corrected chi connectivity index (χ4v) is 6.79. The van der Waals surface area contributed by atoms with Crippen molar-refractivity contribution in [2.75, 3.05) is 13.2 Å². The van der Waals surface area contributed by atoms with Crippen molar-refractivity contribution in [3.63, 3.8) is 0 Å². The summed E-state index contributed by atoms with van der Waals surface area (Å²) in [6.07, 6.45) is 6.79. The minimum Gasteiger partial charge on any atom is -0.374 e. The maximum Gasteiger partial charge on any atom is 0.158 e. The Morgan fingerprint density at radius 1 is 0.607 bits per heavy atom. The van der Waals surface area contributed by atoms with E-state index in [0.717, 1.165) is 51.7 Å². The average molecular weight is 395 g/mol. The Morgan fingerprint density at radius 2 is 1.07 bits per heavy atom. The molecule has 0 aromatic rings. The minimum atomic E-state index is -0.130. The summed E-state index contributed by atoms with van der Waals surface area (Å²) in [5.41, 5.74) is 0. The lowest BCUT2D eigenvalue weighted by molar-refractivity contribution is -0.255. The number of hydrogen-bond acceptors (Lipinski definition) is 6. The standard InChI is InChI=1S/C22H34O6/c1-11-12(2)18-16-15(17(11)27-18)19-21(25-13-7-3-5-9-23-13)22(20(16)28-19)26-14-8-4-6-10-24-14/h11-22H,3-10H2,1-2H3. The number of hydrogen-bond donors (Lipinski definition) is 0. The van der Waals surface area contributed by atoms with E-state index >= 15 is 0 Å². The van der Waals surface area contributed by atoms with Crippen molar-refractivity contribution in [3.05, 3.63) is 0 Å². The van der Waals surface area contributed by atoms with Crippen LogP contribution >= 0.6 is 0 Å². The van der Waals surface area contributed by atoms with E-state index in [1.54, 1.807) is 0 Å². The zero-order chi connectivity index (χ0) is 18.8. The highest BCUT2D eigenvalue weighted by molar-refractivity contribution is 5.18. The predicted octanol–water partition coefficient (Wildman–Crippen LogP) is 2.88. The summed E-state index contributed by atoms with van der Waals surface area (Å²) in [5.74, 6) is 2.03. The molecule has 12 unspecified atom stereocenters. The molecule has 6 saturated heterocycles. The van der Waals surface area contributed by atoms with Gasteiger partial charge in [0.05, 0.1) is 24.4 Å². The van der Waals surface area contributed by atoms with Crippen molar-refractivity contribution < 1.29 is 28.4 Å². The molecule has 6 heterocycles. The zero-order valence-electron chi connectivity index (χ0n) is 17.0. The lowest BCUT2D eigenvalue weighted by Gasteiger charge is -2.43. The number of rotatable bonds is 4. The maximum atomic E-state index is 6.58. The quantitative estimate of drug-likeness (QED) is 0.684. The van der Waals surface area contributed by atoms with E-state index in [1.165, 1.54) is 0 Å². The van der Waals surface area contributed by atoms with E-state index in [9.17, 15) is 0 Å². The van der Waals surface area contributed by atoms with E-state index in [2.05, 4.69) is 13.8 Å². The molecule has 6 aliphatic rings. The van der Waals surface area contributed by atoms with Crippen LogP contribution in [0, 0.1) is 23.7 Å². The van der Waals surface area contributed by atoms with E-state index in [1.807, 2.05) is 0 Å². The molecule has 6 fully saturated rings. The van der Waals surface area contributed by atoms with Crippen LogP contribution in [0.1, 0.15) is 52.4 Å². The van der Waals surface area contributed by atoms with E-state index in [4.69, 9.17) is 28.4 Å². The number of fused-ring (bicyclic) bond motifs is 9. The SMILES string of the molecule is CC1C(C)C2OC1C1C3OC(C(OC4CCCCO4)C3OC3CCCCO3)C21. The number of ether oxygens (including phenoxy) is 6. The molecule has 6 heteroatoms. The second-order valence-electron chi connectivity index (χ2n) is 9.80. The molecule has 0 aromatic heterocycles. The lowest BCUT2D eigenvalue weighted by Crippen LogP contribution is -2.56. The first-order valence-electron chi connectivity index (χ1n) is 11.6. The molecule has 0 radical (unpaired) electrons. The molecule has 0 saturated carbocycles. The van der Waals surface area contributed by atoms with Crippen LogP contribution in [0.4, 0.5) is 0 Å². The van der Waals surface area contributed by atoms with Gasteiger partial charge in [-0.05, 0) is 50.4 Å². The van der Waals surface area contributed by atoms with E-state index < -0.39 is 0 Å². The molecule has 6 rings (SSSR count). The first-order valence-corrected chi connectivity index (χ1v) is 11.6. The van der Waals surface area contributed by atoms with E-state index in [-0.39, 0.29) is 37.0 Å². The summed E-state index contributed by atoms with van der Waals surface area (Å²) >= 11 is 0. The molecule has 6 aliphatic heterocycles. The van der Waals surface area contributed by atoms with Crippen LogP contribution in [0.25, 0.3) is 0 Å². The third-order valence-electron chi connectivity index (χ3n) is 8.32. The maximum absolute atomic E-state index is 6.58. The second kappa shape index (κ2) is 7.17. The highest BCUT2D eigenvalue weighted by atomic mass is 16.7. The molecule has 0 aromatic carbocycles. The van der Waals surface area contributed by atoms with Gasteiger partial charge in [-0.15, -0.1) is 0 Å². The third-order valence-corrected chi connectivity index (χ3v) is 8.32. The van der Waals surface area contributed by atoms with Crippen molar-refractivity contribution in [2.45, 2.75) is 102 Å². The molecule has 0 spiro atoms. The fourth-order valence-electron chi connectivity index (χ4n) is 6.79. The Hall–Kier alpha value is -0.240. The summed E-state index contributed by atoms with van der Waals surface area (Å²) in [7, 11) is 0. The molecule has 158 valence electrons. The monoisotopic (exact) mass is 394 g/mol. The van der Waals surface area contributed by atoms with Gasteiger partial charge in [0, 0.05) is 25.0 Å². The zero-order valence-corrected chi connectivity index (χ0v) is 17.0. The Balaban J connectivity index is 1.24. The largest absolute Gasteiger partial charge is 0.374 e. The smallest absolute Gasteiger partial charge is 0.158 e. The van der Waals surface area contributed by atoms with Crippen molar-refractivity contribution in [1.82, 2.24) is 0 Å². The lowest BCUT2D eigenvalue weighted by atomic mass is 9.63. The molecular weight excluding hydrogens is 360 g/mol. The third kappa shape index (κ3) is 2.75. The van der Waals surface area contributed by atoms with Crippen molar-refractivity contribution in [2.24, 2.45) is 23.7 Å². The van der Waals surface area contributed by atoms with Gasteiger partial charge >= 0.3 is 0 Å². The van der Waals surface area contributed by atoms with Gasteiger partial charge in [0.25, 0.3) is 0 Å². The fraction of sp³-hybridized carbons (Fsp3) is 1.00. The molecule has 4 bridgehead atoms. The summed E-state index contributed by atoms with van der Waals surface area (Å²) in [5, 5.41) is 0. The van der Waals surface area contributed by atoms with Gasteiger partial charge in [0.1, 0.15) is 12.2 Å². The summed E-state index contributed by atoms with van der Waals surface area (Å²) in [4.78, 5) is 0. The summed E-state index contributed by atoms with van der Waals surface area (Å²) < 4.78 is 37.9. The van der Waals surface area contributed by atoms with Crippen LogP contribution in [0.2, 0.25) is 0 Å². The van der Waals surface area contributed by atoms with Gasteiger partial charge in [0.15, 0.2) is 12.6 Å². The molecule has 28 heavy (non-hydrogen) atoms. The first kappa shape index (κ1) is 18.5. The van der Waals surface area contributed by atoms with Gasteiger partial charge < -0.3 is 28.4 Å². The molecule has 0 N–H and O–H groups in total. The average Bonchev–Trinajstić information content (AvgIpc) is 3.44. The van der Waals surface area contributed by atoms with Crippen LogP contribution in [0.5, 0.6) is 0 Å². The van der Waals surface area contributed by atoms with Gasteiger partial charge in [-0.25, -0.2) is 0 Å². The van der Waals surface area contributed by atoms with Crippen LogP contribution < -0.4 is 0 Å². The topological polar surface area (TPSA) is 55.4 Å². The van der Waals surface area contributed by atoms with Gasteiger partial charge in [0.2, 0.25) is 0 Å². The van der Waals surface area contributed by atoms with Crippen molar-refractivity contribution in [1.29, 1.82) is 0 Å². The van der Waals surface area contributed by atoms with Crippen molar-refractivity contribution in [3.8, 4) is 0 Å². The highest BCUT2D eigenvalue weighted by Gasteiger charge is 2.72. The molecule has 0 amide bonds. The molecular formula is C22H34O6. The summed E-state index contributed by atoms with van der Waals surface area (Å²) in [6.45, 7) is 6.25. The van der Waals surface area contributed by atoms with Crippen LogP contribution in [-0.2, 0) is 28.4 Å². The van der Waals surface area contributed by atoms with Crippen molar-refractivity contribution >= 4 is 0 Å². The van der Waals surface area contributed by atoms with Gasteiger partial charge in [-0.2, -0.15) is 0 Å². The molecule has 12 atom stereocenters. The Bertz CT molecular complexity index is 525. The van der Waals surface area contributed by atoms with Gasteiger partial charge in [-0.3, -0.25) is 0 Å². The second-order valence-corrected chi connectivity index (χ2v) is 9.80. The van der Waals surface area contributed by atoms with Crippen LogP contribution in [0.15, 0.2) is 0 Å². The molecule has 0 aliphatic carbocycles. The summed E-state index contributed by atoms with van der Waals surface area (Å²) in [6, 6.07) is 0. The van der Waals surface area contributed by atoms with E-state index in [0.29, 0.717) is 35.9 Å². The minimum absolute atomic E-state index is 0.0547. The molecule has 6 nitrogen and oxygen atoms in total. The first-order chi connectivity index (χ1) is 13.7. The predicted molar refractivity (Wildman–Crippen MR) is 99.6 cm³/mol. The van der Waals surface area contributed by atoms with Gasteiger partial charge in [-0.1, -0.05) is 13.8 Å². The van der Waals surface area contributed by atoms with Crippen LogP contribution in [-0.4, -0.2) is 62.4 Å². The normalized spacial score (nSPS) is 57.6. The van der Waals surface area contributed by atoms with Crippen LogP contribution in [0.3, 0.4) is 0 Å². The Labute approximate surface area is 167 Å². The Morgan fingerprint density at radius 3 is 1.50 bits per heavy atom.